The SMILES string of the molecule is CNC(Cc1ccccc1)C(=O)OC.O=Cc1ccn2ncc(-c3ccc(OCc4ccccc4)cc3)c2n1. The summed E-state index contributed by atoms with van der Waals surface area (Å²) in [5.74, 6) is 0.571. The van der Waals surface area contributed by atoms with E-state index in [1.54, 1.807) is 30.0 Å². The molecule has 1 unspecified atom stereocenters. The second-order valence-electron chi connectivity index (χ2n) is 8.65. The number of aromatic nitrogens is 3. The van der Waals surface area contributed by atoms with Crippen molar-refractivity contribution in [3.05, 3.63) is 120 Å². The number of esters is 1. The Hall–Kier alpha value is -4.82. The predicted octanol–water partition coefficient (Wildman–Crippen LogP) is 4.78. The maximum absolute atomic E-state index is 11.3. The van der Waals surface area contributed by atoms with Crippen LogP contribution in [0, 0.1) is 0 Å². The number of ether oxygens (including phenoxy) is 2. The van der Waals surface area contributed by atoms with Gasteiger partial charge < -0.3 is 14.8 Å². The summed E-state index contributed by atoms with van der Waals surface area (Å²) in [6.45, 7) is 0.529. The van der Waals surface area contributed by atoms with Crippen LogP contribution in [-0.4, -0.2) is 47.1 Å². The molecule has 5 aromatic rings. The number of carbonyl (C=O) groups excluding carboxylic acids is 2. The first-order chi connectivity index (χ1) is 19.1. The van der Waals surface area contributed by atoms with Gasteiger partial charge in [0.1, 0.15) is 24.1 Å². The van der Waals surface area contributed by atoms with Gasteiger partial charge in [-0.25, -0.2) is 9.50 Å². The van der Waals surface area contributed by atoms with Crippen LogP contribution in [0.15, 0.2) is 103 Å². The van der Waals surface area contributed by atoms with Gasteiger partial charge in [-0.2, -0.15) is 5.10 Å². The van der Waals surface area contributed by atoms with Crippen molar-refractivity contribution in [3.63, 3.8) is 0 Å². The Morgan fingerprint density at radius 3 is 2.23 bits per heavy atom. The van der Waals surface area contributed by atoms with Gasteiger partial charge in [-0.15, -0.1) is 0 Å². The molecule has 0 saturated heterocycles. The van der Waals surface area contributed by atoms with Gasteiger partial charge in [-0.1, -0.05) is 72.8 Å². The topological polar surface area (TPSA) is 94.8 Å². The largest absolute Gasteiger partial charge is 0.489 e. The lowest BCUT2D eigenvalue weighted by atomic mass is 10.1. The van der Waals surface area contributed by atoms with Gasteiger partial charge in [-0.3, -0.25) is 9.59 Å². The molecule has 0 fully saturated rings. The van der Waals surface area contributed by atoms with Crippen LogP contribution < -0.4 is 10.1 Å². The molecule has 39 heavy (non-hydrogen) atoms. The third kappa shape index (κ3) is 7.37. The fourth-order valence-electron chi connectivity index (χ4n) is 3.92. The summed E-state index contributed by atoms with van der Waals surface area (Å²) < 4.78 is 12.1. The van der Waals surface area contributed by atoms with Crippen molar-refractivity contribution in [2.24, 2.45) is 0 Å². The lowest BCUT2D eigenvalue weighted by molar-refractivity contribution is -0.142. The first-order valence-corrected chi connectivity index (χ1v) is 12.5. The number of likely N-dealkylation sites (N-methyl/N-ethyl adjacent to an activating group) is 1. The molecular weight excluding hydrogens is 492 g/mol. The van der Waals surface area contributed by atoms with Gasteiger partial charge in [0.25, 0.3) is 0 Å². The second-order valence-corrected chi connectivity index (χ2v) is 8.65. The number of hydrogen-bond acceptors (Lipinski definition) is 7. The fraction of sp³-hybridized carbons (Fsp3) is 0.161. The Bertz CT molecular complexity index is 1490. The molecule has 0 amide bonds. The third-order valence-electron chi connectivity index (χ3n) is 6.04. The molecule has 0 bridgehead atoms. The summed E-state index contributed by atoms with van der Waals surface area (Å²) in [5, 5.41) is 7.20. The highest BCUT2D eigenvalue weighted by Crippen LogP contribution is 2.26. The van der Waals surface area contributed by atoms with Crippen LogP contribution in [0.25, 0.3) is 16.8 Å². The van der Waals surface area contributed by atoms with Crippen molar-refractivity contribution in [2.75, 3.05) is 14.2 Å². The van der Waals surface area contributed by atoms with Crippen molar-refractivity contribution in [3.8, 4) is 16.9 Å². The third-order valence-corrected chi connectivity index (χ3v) is 6.04. The molecule has 3 aromatic carbocycles. The van der Waals surface area contributed by atoms with E-state index in [1.165, 1.54) is 7.11 Å². The Balaban J connectivity index is 0.000000215. The molecule has 8 nitrogen and oxygen atoms in total. The lowest BCUT2D eigenvalue weighted by Crippen LogP contribution is -2.36. The number of hydrogen-bond donors (Lipinski definition) is 1. The highest BCUT2D eigenvalue weighted by Gasteiger charge is 2.16. The number of nitrogens with one attached hydrogen (secondary N) is 1. The van der Waals surface area contributed by atoms with Gasteiger partial charge in [0.05, 0.1) is 13.3 Å². The monoisotopic (exact) mass is 522 g/mol. The van der Waals surface area contributed by atoms with Crippen molar-refractivity contribution >= 4 is 17.9 Å². The molecule has 0 aliphatic rings. The predicted molar refractivity (Wildman–Crippen MR) is 150 cm³/mol. The average Bonchev–Trinajstić information content (AvgIpc) is 3.43. The van der Waals surface area contributed by atoms with Crippen molar-refractivity contribution in [1.29, 1.82) is 0 Å². The normalized spacial score (nSPS) is 11.2. The molecule has 1 N–H and O–H groups in total. The molecule has 8 heteroatoms. The summed E-state index contributed by atoms with van der Waals surface area (Å²) in [6.07, 6.45) is 4.87. The van der Waals surface area contributed by atoms with E-state index < -0.39 is 0 Å². The van der Waals surface area contributed by atoms with Crippen LogP contribution in [0.1, 0.15) is 21.6 Å². The molecule has 0 radical (unpaired) electrons. The zero-order valence-electron chi connectivity index (χ0n) is 21.9. The van der Waals surface area contributed by atoms with E-state index in [9.17, 15) is 9.59 Å². The van der Waals surface area contributed by atoms with Gasteiger partial charge >= 0.3 is 5.97 Å². The number of rotatable bonds is 9. The number of benzene rings is 3. The summed E-state index contributed by atoms with van der Waals surface area (Å²) >= 11 is 0. The molecule has 0 aliphatic heterocycles. The summed E-state index contributed by atoms with van der Waals surface area (Å²) in [4.78, 5) is 26.5. The quantitative estimate of drug-likeness (QED) is 0.220. The maximum Gasteiger partial charge on any atom is 0.323 e. The summed E-state index contributed by atoms with van der Waals surface area (Å²) in [7, 11) is 3.15. The minimum atomic E-state index is -0.262. The molecule has 2 heterocycles. The van der Waals surface area contributed by atoms with Crippen molar-refractivity contribution in [2.45, 2.75) is 19.1 Å². The molecule has 198 valence electrons. The van der Waals surface area contributed by atoms with Crippen molar-refractivity contribution in [1.82, 2.24) is 19.9 Å². The van der Waals surface area contributed by atoms with Crippen LogP contribution in [0.2, 0.25) is 0 Å². The van der Waals surface area contributed by atoms with E-state index in [0.717, 1.165) is 34.3 Å². The number of methoxy groups -OCH3 is 1. The Labute approximate surface area is 227 Å². The Morgan fingerprint density at radius 2 is 1.62 bits per heavy atom. The lowest BCUT2D eigenvalue weighted by Gasteiger charge is -2.13. The Kier molecular flexibility index (Phi) is 9.52. The first kappa shape index (κ1) is 27.2. The molecule has 2 aromatic heterocycles. The van der Waals surface area contributed by atoms with Crippen LogP contribution in [0.3, 0.4) is 0 Å². The summed E-state index contributed by atoms with van der Waals surface area (Å²) in [5.41, 5.74) is 5.13. The highest BCUT2D eigenvalue weighted by atomic mass is 16.5. The zero-order valence-corrected chi connectivity index (χ0v) is 21.9. The van der Waals surface area contributed by atoms with E-state index >= 15 is 0 Å². The molecule has 0 saturated carbocycles. The van der Waals surface area contributed by atoms with E-state index in [0.29, 0.717) is 24.4 Å². The van der Waals surface area contributed by atoms with Crippen LogP contribution in [-0.2, 0) is 22.6 Å². The highest BCUT2D eigenvalue weighted by molar-refractivity contribution is 5.80. The number of nitrogens with zero attached hydrogens (tertiary/aromatic N) is 3. The minimum Gasteiger partial charge on any atom is -0.489 e. The fourth-order valence-corrected chi connectivity index (χ4v) is 3.92. The van der Waals surface area contributed by atoms with Gasteiger partial charge in [-0.05, 0) is 48.4 Å². The second kappa shape index (κ2) is 13.6. The standard InChI is InChI=1S/C20H15N3O2.C11H15NO2/c24-13-17-10-11-23-20(22-17)19(12-21-23)16-6-8-18(9-7-16)25-14-15-4-2-1-3-5-15;1-12-10(11(13)14-2)8-9-6-4-3-5-7-9/h1-13H,14H2;3-7,10,12H,8H2,1-2H3. The van der Waals surface area contributed by atoms with E-state index in [2.05, 4.69) is 20.1 Å². The van der Waals surface area contributed by atoms with Crippen molar-refractivity contribution < 1.29 is 19.1 Å². The maximum atomic E-state index is 11.3. The van der Waals surface area contributed by atoms with Gasteiger partial charge in [0, 0.05) is 11.8 Å². The molecule has 0 spiro atoms. The molecular formula is C31H30N4O4. The van der Waals surface area contributed by atoms with Gasteiger partial charge in [0.2, 0.25) is 0 Å². The number of aldehydes is 1. The average molecular weight is 523 g/mol. The van der Waals surface area contributed by atoms with Crippen LogP contribution in [0.5, 0.6) is 5.75 Å². The van der Waals surface area contributed by atoms with E-state index in [1.807, 2.05) is 84.9 Å². The molecule has 5 rings (SSSR count). The first-order valence-electron chi connectivity index (χ1n) is 12.5. The summed E-state index contributed by atoms with van der Waals surface area (Å²) in [6, 6.07) is 29.0. The minimum absolute atomic E-state index is 0.226. The number of carbonyl (C=O) groups is 2. The van der Waals surface area contributed by atoms with Gasteiger partial charge in [0.15, 0.2) is 11.9 Å². The Morgan fingerprint density at radius 1 is 0.949 bits per heavy atom. The van der Waals surface area contributed by atoms with E-state index in [-0.39, 0.29) is 12.0 Å². The van der Waals surface area contributed by atoms with E-state index in [4.69, 9.17) is 4.74 Å². The molecule has 0 aliphatic carbocycles. The molecule has 1 atom stereocenters. The smallest absolute Gasteiger partial charge is 0.323 e. The zero-order chi connectivity index (χ0) is 27.5. The van der Waals surface area contributed by atoms with Crippen LogP contribution in [0.4, 0.5) is 0 Å². The number of fused-ring (bicyclic) bond motifs is 1. The van der Waals surface area contributed by atoms with Crippen LogP contribution >= 0.6 is 0 Å².